The average molecular weight is 939 g/mol. The first-order chi connectivity index (χ1) is 33.0. The van der Waals surface area contributed by atoms with E-state index in [2.05, 4.69) is 13.2 Å². The van der Waals surface area contributed by atoms with Gasteiger partial charge in [0.1, 0.15) is 35.2 Å². The lowest BCUT2D eigenvalue weighted by Gasteiger charge is -2.27. The van der Waals surface area contributed by atoms with Crippen LogP contribution in [0.3, 0.4) is 0 Å². The minimum absolute atomic E-state index is 0.0160. The van der Waals surface area contributed by atoms with Crippen molar-refractivity contribution in [2.75, 3.05) is 26.4 Å². The van der Waals surface area contributed by atoms with E-state index in [1.807, 2.05) is 0 Å². The molecule has 2 saturated carbocycles. The molecule has 0 spiro atoms. The summed E-state index contributed by atoms with van der Waals surface area (Å²) in [5.74, 6) is -1.79. The number of rotatable bonds is 27. The first-order valence-electron chi connectivity index (χ1n) is 23.5. The number of benzene rings is 3. The molecule has 0 saturated heterocycles. The SMILES string of the molecule is C=CC(=O)OCCCCCCOc1ccc(OC(=O)[C@H]2CC[C@H](OC(=O)c3ccc(OC(=O)[C@H]4CC[C@@H](OC(=O)c5ccc(OCCCCCCOC(=O)C=C)cc5)CC4)cc3C=O)CC2)cc1. The van der Waals surface area contributed by atoms with Crippen molar-refractivity contribution in [3.63, 3.8) is 0 Å². The lowest BCUT2D eigenvalue weighted by atomic mass is 9.87. The number of ether oxygens (including phenoxy) is 8. The van der Waals surface area contributed by atoms with Gasteiger partial charge in [0.15, 0.2) is 6.29 Å². The lowest BCUT2D eigenvalue weighted by Crippen LogP contribution is -2.30. The zero-order valence-corrected chi connectivity index (χ0v) is 38.6. The normalized spacial score (nSPS) is 17.6. The maximum Gasteiger partial charge on any atom is 0.339 e. The van der Waals surface area contributed by atoms with E-state index in [4.69, 9.17) is 37.9 Å². The summed E-state index contributed by atoms with van der Waals surface area (Å²) in [6.07, 6.45) is 12.6. The lowest BCUT2D eigenvalue weighted by molar-refractivity contribution is -0.141. The fraction of sp³-hybridized carbons (Fsp3) is 0.453. The molecule has 15 nitrogen and oxygen atoms in total. The Morgan fingerprint density at radius 1 is 0.485 bits per heavy atom. The van der Waals surface area contributed by atoms with Gasteiger partial charge in [0, 0.05) is 17.7 Å². The van der Waals surface area contributed by atoms with Gasteiger partial charge < -0.3 is 37.9 Å². The van der Waals surface area contributed by atoms with Crippen LogP contribution in [0, 0.1) is 11.8 Å². The van der Waals surface area contributed by atoms with Crippen molar-refractivity contribution in [3.05, 3.63) is 109 Å². The Labute approximate surface area is 397 Å². The van der Waals surface area contributed by atoms with Gasteiger partial charge in [-0.1, -0.05) is 13.2 Å². The van der Waals surface area contributed by atoms with Crippen molar-refractivity contribution in [1.29, 1.82) is 0 Å². The summed E-state index contributed by atoms with van der Waals surface area (Å²) in [4.78, 5) is 86.3. The van der Waals surface area contributed by atoms with Crippen molar-refractivity contribution < 1.29 is 71.5 Å². The molecule has 364 valence electrons. The van der Waals surface area contributed by atoms with Gasteiger partial charge in [0.2, 0.25) is 0 Å². The highest BCUT2D eigenvalue weighted by molar-refractivity contribution is 5.99. The monoisotopic (exact) mass is 938 g/mol. The Balaban J connectivity index is 0.948. The van der Waals surface area contributed by atoms with Crippen LogP contribution in [-0.2, 0) is 38.1 Å². The van der Waals surface area contributed by atoms with Crippen LogP contribution in [0.4, 0.5) is 0 Å². The van der Waals surface area contributed by atoms with Crippen LogP contribution in [0.5, 0.6) is 23.0 Å². The first-order valence-corrected chi connectivity index (χ1v) is 23.5. The van der Waals surface area contributed by atoms with Crippen LogP contribution in [0.2, 0.25) is 0 Å². The third-order valence-corrected chi connectivity index (χ3v) is 11.7. The van der Waals surface area contributed by atoms with Gasteiger partial charge in [-0.25, -0.2) is 19.2 Å². The second kappa shape index (κ2) is 28.4. The fourth-order valence-corrected chi connectivity index (χ4v) is 7.80. The summed E-state index contributed by atoms with van der Waals surface area (Å²) in [5.41, 5.74) is 0.448. The van der Waals surface area contributed by atoms with Crippen LogP contribution >= 0.6 is 0 Å². The third kappa shape index (κ3) is 17.8. The van der Waals surface area contributed by atoms with Gasteiger partial charge >= 0.3 is 35.8 Å². The molecule has 0 unspecified atom stereocenters. The van der Waals surface area contributed by atoms with E-state index in [1.54, 1.807) is 48.5 Å². The molecular formula is C53H62O15. The number of aldehydes is 1. The Bertz CT molecular complexity index is 2150. The fourth-order valence-electron chi connectivity index (χ4n) is 7.80. The minimum Gasteiger partial charge on any atom is -0.494 e. The van der Waals surface area contributed by atoms with Gasteiger partial charge in [-0.15, -0.1) is 0 Å². The Morgan fingerprint density at radius 3 is 1.37 bits per heavy atom. The van der Waals surface area contributed by atoms with Crippen molar-refractivity contribution in [2.45, 2.75) is 115 Å². The second-order valence-corrected chi connectivity index (χ2v) is 16.7. The predicted octanol–water partition coefficient (Wildman–Crippen LogP) is 9.48. The van der Waals surface area contributed by atoms with Gasteiger partial charge in [-0.2, -0.15) is 0 Å². The minimum atomic E-state index is -0.688. The first kappa shape index (κ1) is 52.2. The Hall–Kier alpha value is -6.77. The Morgan fingerprint density at radius 2 is 0.897 bits per heavy atom. The quantitative estimate of drug-likeness (QED) is 0.0175. The summed E-state index contributed by atoms with van der Waals surface area (Å²) in [6.45, 7) is 8.53. The molecule has 0 atom stereocenters. The molecule has 0 radical (unpaired) electrons. The van der Waals surface area contributed by atoms with Gasteiger partial charge in [0.05, 0.1) is 49.4 Å². The highest BCUT2D eigenvalue weighted by Gasteiger charge is 2.32. The maximum absolute atomic E-state index is 13.2. The van der Waals surface area contributed by atoms with E-state index >= 15 is 0 Å². The molecule has 3 aromatic carbocycles. The topological polar surface area (TPSA) is 193 Å². The van der Waals surface area contributed by atoms with E-state index in [1.165, 1.54) is 18.2 Å². The maximum atomic E-state index is 13.2. The molecule has 0 aromatic heterocycles. The number of esters is 6. The summed E-state index contributed by atoms with van der Waals surface area (Å²) < 4.78 is 44.2. The molecule has 0 heterocycles. The van der Waals surface area contributed by atoms with E-state index in [0.29, 0.717) is 107 Å². The van der Waals surface area contributed by atoms with Crippen LogP contribution in [0.15, 0.2) is 92.0 Å². The standard InChI is InChI=1S/C53H62O15/c1-3-48(55)63-33-11-7-5-9-31-61-41-19-13-37(14-20-41)50(57)65-43-21-15-39(16-22-43)52(59)68-46-29-30-47(40(35-46)36-54)53(60)67-44-23-17-38(18-24-44)51(58)66-45-27-25-42(26-28-45)62-32-10-6-8-12-34-64-49(56)4-2/h3-4,13-14,19-20,25-30,35-36,38-39,43-44H,1-2,5-12,15-18,21-24,31-34H2/t38-,39-,43+,44-. The van der Waals surface area contributed by atoms with Crippen molar-refractivity contribution in [1.82, 2.24) is 0 Å². The molecule has 0 bridgehead atoms. The highest BCUT2D eigenvalue weighted by Crippen LogP contribution is 2.32. The van der Waals surface area contributed by atoms with Gasteiger partial charge in [0.25, 0.3) is 0 Å². The molecule has 0 amide bonds. The molecule has 2 aliphatic rings. The van der Waals surface area contributed by atoms with E-state index in [0.717, 1.165) is 63.5 Å². The van der Waals surface area contributed by atoms with Crippen molar-refractivity contribution in [3.8, 4) is 23.0 Å². The summed E-state index contributed by atoms with van der Waals surface area (Å²) in [7, 11) is 0. The van der Waals surface area contributed by atoms with Crippen LogP contribution in [0.1, 0.15) is 134 Å². The summed E-state index contributed by atoms with van der Waals surface area (Å²) >= 11 is 0. The molecule has 2 aliphatic carbocycles. The van der Waals surface area contributed by atoms with Crippen LogP contribution < -0.4 is 18.9 Å². The molecule has 3 aromatic rings. The summed E-state index contributed by atoms with van der Waals surface area (Å²) in [5, 5.41) is 0. The number of hydrogen-bond donors (Lipinski definition) is 0. The molecule has 5 rings (SSSR count). The van der Waals surface area contributed by atoms with Crippen LogP contribution in [-0.4, -0.2) is 80.7 Å². The smallest absolute Gasteiger partial charge is 0.339 e. The number of carbonyl (C=O) groups excluding carboxylic acids is 7. The molecule has 0 aliphatic heterocycles. The van der Waals surface area contributed by atoms with E-state index in [-0.39, 0.29) is 34.9 Å². The largest absolute Gasteiger partial charge is 0.494 e. The molecule has 0 N–H and O–H groups in total. The van der Waals surface area contributed by atoms with Crippen LogP contribution in [0.25, 0.3) is 0 Å². The molecular weight excluding hydrogens is 877 g/mol. The van der Waals surface area contributed by atoms with E-state index < -0.39 is 41.9 Å². The molecule has 68 heavy (non-hydrogen) atoms. The number of unbranched alkanes of at least 4 members (excludes halogenated alkanes) is 6. The Kier molecular flexibility index (Phi) is 21.8. The highest BCUT2D eigenvalue weighted by atomic mass is 16.6. The van der Waals surface area contributed by atoms with Crippen molar-refractivity contribution in [2.24, 2.45) is 11.8 Å². The third-order valence-electron chi connectivity index (χ3n) is 11.7. The molecule has 15 heteroatoms. The average Bonchev–Trinajstić information content (AvgIpc) is 3.36. The van der Waals surface area contributed by atoms with Crippen molar-refractivity contribution >= 4 is 42.1 Å². The zero-order valence-electron chi connectivity index (χ0n) is 38.6. The predicted molar refractivity (Wildman–Crippen MR) is 249 cm³/mol. The molecule has 2 fully saturated rings. The number of hydrogen-bond acceptors (Lipinski definition) is 15. The van der Waals surface area contributed by atoms with Gasteiger partial charge in [-0.05, 0) is 169 Å². The number of carbonyl (C=O) groups is 7. The van der Waals surface area contributed by atoms with E-state index in [9.17, 15) is 33.6 Å². The second-order valence-electron chi connectivity index (χ2n) is 16.7. The zero-order chi connectivity index (χ0) is 48.5. The van der Waals surface area contributed by atoms with Gasteiger partial charge in [-0.3, -0.25) is 14.4 Å². The summed E-state index contributed by atoms with van der Waals surface area (Å²) in [6, 6.07) is 17.8.